The fourth-order valence-corrected chi connectivity index (χ4v) is 0.468. The Morgan fingerprint density at radius 1 is 1.86 bits per heavy atom. The molecule has 0 saturated heterocycles. The van der Waals surface area contributed by atoms with Crippen LogP contribution in [0, 0.1) is 0 Å². The minimum Gasteiger partial charge on any atom is -0.145 e. The van der Waals surface area contributed by atoms with E-state index in [4.69, 9.17) is 0 Å². The fraction of sp³-hybridized carbons (Fsp3) is 0.500. The van der Waals surface area contributed by atoms with Crippen LogP contribution in [0.4, 0.5) is 0 Å². The van der Waals surface area contributed by atoms with Gasteiger partial charge < -0.3 is 0 Å². The summed E-state index contributed by atoms with van der Waals surface area (Å²) in [5.74, 6) is 0. The first-order valence-electron chi connectivity index (χ1n) is 1.85. The Labute approximate surface area is 44.0 Å². The Kier molecular flexibility index (Phi) is 2.81. The summed E-state index contributed by atoms with van der Waals surface area (Å²) < 4.78 is 14.8. The first-order valence-corrected chi connectivity index (χ1v) is 3.03. The van der Waals surface area contributed by atoms with E-state index in [1.165, 1.54) is 7.11 Å². The third-order valence-corrected chi connectivity index (χ3v) is 1.43. The van der Waals surface area contributed by atoms with Crippen LogP contribution >= 0.6 is 8.03 Å². The summed E-state index contributed by atoms with van der Waals surface area (Å²) in [6, 6.07) is 0. The van der Waals surface area contributed by atoms with Crippen LogP contribution in [0.15, 0.2) is 11.9 Å². The van der Waals surface area contributed by atoms with E-state index in [1.54, 1.807) is 6.92 Å². The Morgan fingerprint density at radius 3 is 2.29 bits per heavy atom. The predicted octanol–water partition coefficient (Wildman–Crippen LogP) is 1.91. The lowest BCUT2D eigenvalue weighted by Crippen LogP contribution is -1.64. The van der Waals surface area contributed by atoms with Gasteiger partial charge in [-0.25, -0.2) is 0 Å². The molecule has 7 heavy (non-hydrogen) atoms. The number of hydrogen-bond acceptors (Lipinski definition) is 2. The molecule has 0 aliphatic carbocycles. The molecule has 0 saturated carbocycles. The zero-order valence-corrected chi connectivity index (χ0v) is 5.37. The molecule has 2 nitrogen and oxygen atoms in total. The van der Waals surface area contributed by atoms with Gasteiger partial charge in [0, 0.05) is 6.92 Å². The van der Waals surface area contributed by atoms with Gasteiger partial charge in [-0.3, -0.25) is 0 Å². The zero-order valence-electron chi connectivity index (χ0n) is 4.47. The summed E-state index contributed by atoms with van der Waals surface area (Å²) in [5.41, 5.74) is 0. The molecule has 0 heterocycles. The van der Waals surface area contributed by atoms with Crippen LogP contribution in [0.5, 0.6) is 0 Å². The zero-order chi connectivity index (χ0) is 5.86. The third-order valence-electron chi connectivity index (χ3n) is 0.477. The van der Waals surface area contributed by atoms with Crippen molar-refractivity contribution in [3.05, 3.63) is 11.9 Å². The lowest BCUT2D eigenvalue weighted by atomic mass is 10.8. The van der Waals surface area contributed by atoms with Crippen LogP contribution in [-0.2, 0) is 9.09 Å². The maximum atomic E-state index is 10.3. The van der Waals surface area contributed by atoms with Gasteiger partial charge in [0.15, 0.2) is 5.31 Å². The highest BCUT2D eigenvalue weighted by molar-refractivity contribution is 7.44. The maximum Gasteiger partial charge on any atom is 0.542 e. The Bertz CT molecular complexity index is 97.9. The predicted molar refractivity (Wildman–Crippen MR) is 29.4 cm³/mol. The van der Waals surface area contributed by atoms with E-state index in [2.05, 4.69) is 11.1 Å². The SMILES string of the molecule is C=C(C)[P+](=O)OC. The molecule has 0 spiro atoms. The number of hydrogen-bond donors (Lipinski definition) is 0. The molecular weight excluding hydrogens is 111 g/mol. The van der Waals surface area contributed by atoms with Crippen LogP contribution in [0.1, 0.15) is 6.92 Å². The van der Waals surface area contributed by atoms with E-state index in [1.807, 2.05) is 0 Å². The van der Waals surface area contributed by atoms with Gasteiger partial charge in [-0.2, -0.15) is 0 Å². The van der Waals surface area contributed by atoms with Gasteiger partial charge in [0.25, 0.3) is 0 Å². The van der Waals surface area contributed by atoms with Crippen LogP contribution in [0.2, 0.25) is 0 Å². The van der Waals surface area contributed by atoms with E-state index in [0.29, 0.717) is 5.31 Å². The van der Waals surface area contributed by atoms with E-state index < -0.39 is 8.03 Å². The van der Waals surface area contributed by atoms with Crippen molar-refractivity contribution in [1.82, 2.24) is 0 Å². The van der Waals surface area contributed by atoms with Gasteiger partial charge in [-0.1, -0.05) is 0 Å². The summed E-state index contributed by atoms with van der Waals surface area (Å²) in [6.45, 7) is 5.09. The molecule has 0 rings (SSSR count). The van der Waals surface area contributed by atoms with Gasteiger partial charge in [-0.15, -0.1) is 4.52 Å². The smallest absolute Gasteiger partial charge is 0.145 e. The molecule has 0 bridgehead atoms. The van der Waals surface area contributed by atoms with Crippen LogP contribution in [-0.4, -0.2) is 7.11 Å². The molecular formula is C4H8O2P+. The summed E-state index contributed by atoms with van der Waals surface area (Å²) in [7, 11) is -0.186. The summed E-state index contributed by atoms with van der Waals surface area (Å²) in [4.78, 5) is 0. The topological polar surface area (TPSA) is 26.3 Å². The van der Waals surface area contributed by atoms with Crippen molar-refractivity contribution in [3.63, 3.8) is 0 Å². The number of allylic oxidation sites excluding steroid dienone is 1. The minimum absolute atomic E-state index is 0.581. The van der Waals surface area contributed by atoms with E-state index in [-0.39, 0.29) is 0 Å². The van der Waals surface area contributed by atoms with Gasteiger partial charge in [0.2, 0.25) is 0 Å². The maximum absolute atomic E-state index is 10.3. The molecule has 1 atom stereocenters. The number of rotatable bonds is 2. The fourth-order valence-electron chi connectivity index (χ4n) is 0.156. The Morgan fingerprint density at radius 2 is 2.29 bits per heavy atom. The minimum atomic E-state index is -1.58. The molecule has 0 amide bonds. The highest BCUT2D eigenvalue weighted by Gasteiger charge is 2.14. The molecule has 0 aromatic carbocycles. The third kappa shape index (κ3) is 2.49. The van der Waals surface area contributed by atoms with Crippen molar-refractivity contribution in [2.24, 2.45) is 0 Å². The van der Waals surface area contributed by atoms with Gasteiger partial charge in [0.05, 0.1) is 7.11 Å². The van der Waals surface area contributed by atoms with Crippen molar-refractivity contribution in [1.29, 1.82) is 0 Å². The Hall–Kier alpha value is -0.200. The molecule has 0 aliphatic heterocycles. The second-order valence-corrected chi connectivity index (χ2v) is 2.82. The first kappa shape index (κ1) is 6.80. The first-order chi connectivity index (χ1) is 3.18. The Balaban J connectivity index is 3.58. The van der Waals surface area contributed by atoms with E-state index >= 15 is 0 Å². The summed E-state index contributed by atoms with van der Waals surface area (Å²) >= 11 is 0. The molecule has 0 aromatic rings. The monoisotopic (exact) mass is 119 g/mol. The quantitative estimate of drug-likeness (QED) is 0.519. The van der Waals surface area contributed by atoms with Gasteiger partial charge in [-0.05, 0) is 11.1 Å². The van der Waals surface area contributed by atoms with E-state index in [0.717, 1.165) is 0 Å². The van der Waals surface area contributed by atoms with Crippen molar-refractivity contribution >= 4 is 8.03 Å². The molecule has 0 aromatic heterocycles. The van der Waals surface area contributed by atoms with E-state index in [9.17, 15) is 4.57 Å². The average molecular weight is 119 g/mol. The van der Waals surface area contributed by atoms with Gasteiger partial charge in [0.1, 0.15) is 0 Å². The van der Waals surface area contributed by atoms with Crippen molar-refractivity contribution in [2.45, 2.75) is 6.92 Å². The van der Waals surface area contributed by atoms with Crippen molar-refractivity contribution in [2.75, 3.05) is 7.11 Å². The van der Waals surface area contributed by atoms with Crippen LogP contribution < -0.4 is 0 Å². The highest BCUT2D eigenvalue weighted by atomic mass is 31.1. The van der Waals surface area contributed by atoms with Crippen molar-refractivity contribution in [3.8, 4) is 0 Å². The molecule has 0 fully saturated rings. The molecule has 40 valence electrons. The van der Waals surface area contributed by atoms with Crippen LogP contribution in [0.25, 0.3) is 0 Å². The standard InChI is InChI=1S/C4H8O2P/c1-4(2)7(5)6-3/h1H2,2-3H3/q+1. The lowest BCUT2D eigenvalue weighted by Gasteiger charge is -1.71. The molecule has 0 aliphatic rings. The van der Waals surface area contributed by atoms with Crippen molar-refractivity contribution < 1.29 is 9.09 Å². The van der Waals surface area contributed by atoms with Crippen LogP contribution in [0.3, 0.4) is 0 Å². The average Bonchev–Trinajstić information content (AvgIpc) is 1.65. The second-order valence-electron chi connectivity index (χ2n) is 1.17. The summed E-state index contributed by atoms with van der Waals surface area (Å²) in [5, 5.41) is 0.581. The molecule has 3 heteroatoms. The summed E-state index contributed by atoms with van der Waals surface area (Å²) in [6.07, 6.45) is 0. The normalized spacial score (nSPS) is 10.9. The molecule has 0 N–H and O–H groups in total. The molecule has 0 radical (unpaired) electrons. The molecule has 1 unspecified atom stereocenters. The van der Waals surface area contributed by atoms with Gasteiger partial charge >= 0.3 is 8.03 Å². The lowest BCUT2D eigenvalue weighted by molar-refractivity contribution is 0.420. The largest absolute Gasteiger partial charge is 0.542 e. The second kappa shape index (κ2) is 2.89. The highest BCUT2D eigenvalue weighted by Crippen LogP contribution is 2.29.